The monoisotopic (exact) mass is 244 g/mol. The van der Waals surface area contributed by atoms with E-state index >= 15 is 0 Å². The van der Waals surface area contributed by atoms with E-state index in [4.69, 9.17) is 0 Å². The molecule has 0 spiro atoms. The molecule has 0 atom stereocenters. The summed E-state index contributed by atoms with van der Waals surface area (Å²) < 4.78 is 0. The maximum atomic E-state index is 2.58. The molecule has 92 valence electrons. The first kappa shape index (κ1) is 12.6. The molecule has 1 aliphatic rings. The Bertz CT molecular complexity index is 412. The van der Waals surface area contributed by atoms with E-state index in [1.54, 1.807) is 10.4 Å². The van der Waals surface area contributed by atoms with Gasteiger partial charge in [-0.25, -0.2) is 0 Å². The first-order valence-electron chi connectivity index (χ1n) is 6.70. The zero-order valence-electron chi connectivity index (χ0n) is 11.6. The van der Waals surface area contributed by atoms with Crippen molar-refractivity contribution in [2.24, 2.45) is 5.41 Å². The normalized spacial score (nSPS) is 19.9. The van der Waals surface area contributed by atoms with E-state index in [0.29, 0.717) is 5.41 Å². The van der Waals surface area contributed by atoms with Crippen LogP contribution in [0.3, 0.4) is 0 Å². The van der Waals surface area contributed by atoms with Gasteiger partial charge in [0.2, 0.25) is 0 Å². The van der Waals surface area contributed by atoms with Gasteiger partial charge in [0, 0.05) is 0 Å². The van der Waals surface area contributed by atoms with E-state index in [2.05, 4.69) is 63.3 Å². The van der Waals surface area contributed by atoms with Crippen LogP contribution in [0, 0.1) is 5.41 Å². The van der Waals surface area contributed by atoms with Crippen LogP contribution in [0.25, 0.3) is 0 Å². The Balaban J connectivity index is 2.36. The summed E-state index contributed by atoms with van der Waals surface area (Å²) in [6.07, 6.45) is 6.60. The Kier molecular flexibility index (Phi) is 3.31. The van der Waals surface area contributed by atoms with Crippen molar-refractivity contribution < 1.29 is 0 Å². The summed E-state index contributed by atoms with van der Waals surface area (Å²) in [7, 11) is -1.41. The fourth-order valence-electron chi connectivity index (χ4n) is 2.88. The van der Waals surface area contributed by atoms with Crippen LogP contribution in [-0.2, 0) is 0 Å². The van der Waals surface area contributed by atoms with Crippen LogP contribution in [0.5, 0.6) is 0 Å². The molecule has 1 heteroatoms. The quantitative estimate of drug-likeness (QED) is 0.681. The van der Waals surface area contributed by atoms with Gasteiger partial charge in [-0.3, -0.25) is 0 Å². The number of benzene rings is 1. The van der Waals surface area contributed by atoms with Crippen molar-refractivity contribution in [1.82, 2.24) is 0 Å². The maximum Gasteiger partial charge on any atom is 0.107 e. The zero-order valence-corrected chi connectivity index (χ0v) is 12.6. The highest BCUT2D eigenvalue weighted by Crippen LogP contribution is 2.36. The van der Waals surface area contributed by atoms with Crippen molar-refractivity contribution in [2.45, 2.75) is 46.2 Å². The summed E-state index contributed by atoms with van der Waals surface area (Å²) in [4.78, 5) is 0. The minimum atomic E-state index is -1.41. The molecule has 0 unspecified atom stereocenters. The topological polar surface area (TPSA) is 0 Å². The highest BCUT2D eigenvalue weighted by molar-refractivity contribution is 6.95. The van der Waals surface area contributed by atoms with E-state index in [1.807, 2.05) is 0 Å². The van der Waals surface area contributed by atoms with Crippen molar-refractivity contribution in [1.29, 1.82) is 0 Å². The van der Waals surface area contributed by atoms with Crippen LogP contribution in [0.2, 0.25) is 13.1 Å². The predicted molar refractivity (Wildman–Crippen MR) is 79.3 cm³/mol. The van der Waals surface area contributed by atoms with Crippen LogP contribution in [0.15, 0.2) is 41.6 Å². The fourth-order valence-corrected chi connectivity index (χ4v) is 5.83. The van der Waals surface area contributed by atoms with Gasteiger partial charge in [-0.2, -0.15) is 0 Å². The Morgan fingerprint density at radius 3 is 2.29 bits per heavy atom. The van der Waals surface area contributed by atoms with Crippen LogP contribution in [0.1, 0.15) is 33.1 Å². The summed E-state index contributed by atoms with van der Waals surface area (Å²) in [5, 5.41) is 3.32. The Morgan fingerprint density at radius 2 is 1.71 bits per heavy atom. The first-order valence-corrected chi connectivity index (χ1v) is 9.70. The van der Waals surface area contributed by atoms with E-state index in [-0.39, 0.29) is 0 Å². The maximum absolute atomic E-state index is 2.58. The van der Waals surface area contributed by atoms with E-state index < -0.39 is 8.07 Å². The van der Waals surface area contributed by atoms with Gasteiger partial charge in [0.25, 0.3) is 0 Å². The van der Waals surface area contributed by atoms with Gasteiger partial charge < -0.3 is 0 Å². The molecule has 0 N–H and O–H groups in total. The van der Waals surface area contributed by atoms with Gasteiger partial charge in [0.1, 0.15) is 8.07 Å². The second kappa shape index (κ2) is 4.45. The molecule has 1 aromatic carbocycles. The van der Waals surface area contributed by atoms with Crippen molar-refractivity contribution >= 4 is 13.3 Å². The van der Waals surface area contributed by atoms with E-state index in [0.717, 1.165) is 0 Å². The molecule has 0 radical (unpaired) electrons. The van der Waals surface area contributed by atoms with Crippen LogP contribution < -0.4 is 5.19 Å². The van der Waals surface area contributed by atoms with Crippen molar-refractivity contribution in [2.75, 3.05) is 0 Å². The lowest BCUT2D eigenvalue weighted by molar-refractivity contribution is 0.402. The van der Waals surface area contributed by atoms with Crippen LogP contribution >= 0.6 is 0 Å². The first-order chi connectivity index (χ1) is 7.92. The average molecular weight is 244 g/mol. The second-order valence-electron chi connectivity index (χ2n) is 6.50. The highest BCUT2D eigenvalue weighted by atomic mass is 28.3. The Morgan fingerprint density at radius 1 is 1.06 bits per heavy atom. The van der Waals surface area contributed by atoms with Gasteiger partial charge >= 0.3 is 0 Å². The lowest BCUT2D eigenvalue weighted by Crippen LogP contribution is -2.45. The molecule has 0 heterocycles. The molecule has 2 rings (SSSR count). The lowest BCUT2D eigenvalue weighted by atomic mass is 9.83. The van der Waals surface area contributed by atoms with Gasteiger partial charge in [-0.05, 0) is 24.7 Å². The molecule has 0 amide bonds. The molecule has 0 aliphatic heterocycles. The van der Waals surface area contributed by atoms with Crippen molar-refractivity contribution in [3.05, 3.63) is 41.6 Å². The minimum absolute atomic E-state index is 0.409. The number of rotatable bonds is 2. The third-order valence-electron chi connectivity index (χ3n) is 4.13. The number of hydrogen-bond acceptors (Lipinski definition) is 0. The van der Waals surface area contributed by atoms with Crippen molar-refractivity contribution in [3.63, 3.8) is 0 Å². The molecular formula is C16H24Si. The SMILES string of the molecule is CC1(C)C=C([Si](C)(C)c2ccccc2)CCC1. The van der Waals surface area contributed by atoms with Gasteiger partial charge in [0.05, 0.1) is 0 Å². The summed E-state index contributed by atoms with van der Waals surface area (Å²) in [5.74, 6) is 0. The van der Waals surface area contributed by atoms with Gasteiger partial charge in [-0.1, -0.05) is 73.7 Å². The van der Waals surface area contributed by atoms with Crippen molar-refractivity contribution in [3.8, 4) is 0 Å². The molecule has 0 saturated heterocycles. The lowest BCUT2D eigenvalue weighted by Gasteiger charge is -2.35. The summed E-state index contributed by atoms with van der Waals surface area (Å²) in [6.45, 7) is 9.74. The molecule has 1 aromatic rings. The molecular weight excluding hydrogens is 220 g/mol. The fraction of sp³-hybridized carbons (Fsp3) is 0.500. The Hall–Kier alpha value is -0.823. The molecule has 0 bridgehead atoms. The third-order valence-corrected chi connectivity index (χ3v) is 7.91. The molecule has 0 nitrogen and oxygen atoms in total. The van der Waals surface area contributed by atoms with Gasteiger partial charge in [0.15, 0.2) is 0 Å². The minimum Gasteiger partial charge on any atom is -0.0831 e. The third kappa shape index (κ3) is 2.71. The molecule has 0 fully saturated rings. The molecule has 17 heavy (non-hydrogen) atoms. The number of allylic oxidation sites excluding steroid dienone is 2. The summed E-state index contributed by atoms with van der Waals surface area (Å²) in [5.41, 5.74) is 0.409. The number of hydrogen-bond donors (Lipinski definition) is 0. The van der Waals surface area contributed by atoms with Crippen LogP contribution in [0.4, 0.5) is 0 Å². The molecule has 0 aromatic heterocycles. The summed E-state index contributed by atoms with van der Waals surface area (Å²) in [6, 6.07) is 11.1. The average Bonchev–Trinajstić information content (AvgIpc) is 2.29. The van der Waals surface area contributed by atoms with E-state index in [1.165, 1.54) is 19.3 Å². The standard InChI is InChI=1S/C16H24Si/c1-16(2)12-8-11-15(13-16)17(3,4)14-9-6-5-7-10-14/h5-7,9-10,13H,8,11-12H2,1-4H3. The molecule has 0 saturated carbocycles. The summed E-state index contributed by atoms with van der Waals surface area (Å²) >= 11 is 0. The van der Waals surface area contributed by atoms with E-state index in [9.17, 15) is 0 Å². The molecule has 1 aliphatic carbocycles. The Labute approximate surface area is 107 Å². The smallest absolute Gasteiger partial charge is 0.0831 e. The zero-order chi connectivity index (χ0) is 12.5. The second-order valence-corrected chi connectivity index (χ2v) is 11.0. The largest absolute Gasteiger partial charge is 0.107 e. The van der Waals surface area contributed by atoms with Gasteiger partial charge in [-0.15, -0.1) is 0 Å². The van der Waals surface area contributed by atoms with Crippen LogP contribution in [-0.4, -0.2) is 8.07 Å². The predicted octanol–water partition coefficient (Wildman–Crippen LogP) is 4.28. The highest BCUT2D eigenvalue weighted by Gasteiger charge is 2.32.